The molecule has 0 saturated carbocycles. The second-order valence-electron chi connectivity index (χ2n) is 8.44. The van der Waals surface area contributed by atoms with Crippen molar-refractivity contribution in [3.8, 4) is 21.3 Å². The molecule has 174 valence electrons. The summed E-state index contributed by atoms with van der Waals surface area (Å²) in [5.74, 6) is 1.11. The van der Waals surface area contributed by atoms with Gasteiger partial charge in [-0.1, -0.05) is 18.2 Å². The molecule has 0 radical (unpaired) electrons. The number of carbonyl (C=O) groups excluding carboxylic acids is 1. The van der Waals surface area contributed by atoms with E-state index in [1.807, 2.05) is 30.3 Å². The average Bonchev–Trinajstić information content (AvgIpc) is 3.62. The van der Waals surface area contributed by atoms with Gasteiger partial charge in [0.2, 0.25) is 0 Å². The minimum absolute atomic E-state index is 0.00760. The number of phenols is 2. The molecule has 4 heterocycles. The molecule has 35 heavy (non-hydrogen) atoms. The van der Waals surface area contributed by atoms with E-state index in [9.17, 15) is 15.0 Å². The Morgan fingerprint density at radius 2 is 1.63 bits per heavy atom. The van der Waals surface area contributed by atoms with Gasteiger partial charge in [-0.3, -0.25) is 9.69 Å². The molecule has 1 fully saturated rings. The Morgan fingerprint density at radius 3 is 2.34 bits per heavy atom. The van der Waals surface area contributed by atoms with Crippen molar-refractivity contribution in [1.82, 2.24) is 10.2 Å². The number of aromatic hydroxyl groups is 2. The largest absolute Gasteiger partial charge is 0.508 e. The van der Waals surface area contributed by atoms with Gasteiger partial charge in [-0.15, -0.1) is 22.7 Å². The predicted molar refractivity (Wildman–Crippen MR) is 140 cm³/mol. The molecule has 8 heteroatoms. The van der Waals surface area contributed by atoms with E-state index in [-0.39, 0.29) is 17.4 Å². The Labute approximate surface area is 210 Å². The summed E-state index contributed by atoms with van der Waals surface area (Å²) in [6, 6.07) is 21.7. The third kappa shape index (κ3) is 4.11. The third-order valence-electron chi connectivity index (χ3n) is 6.10. The van der Waals surface area contributed by atoms with E-state index in [0.29, 0.717) is 13.0 Å². The summed E-state index contributed by atoms with van der Waals surface area (Å²) in [6.45, 7) is 0.352. The quantitative estimate of drug-likeness (QED) is 0.358. The van der Waals surface area contributed by atoms with Gasteiger partial charge in [-0.2, -0.15) is 0 Å². The zero-order valence-electron chi connectivity index (χ0n) is 18.5. The maximum Gasteiger partial charge on any atom is 0.251 e. The summed E-state index contributed by atoms with van der Waals surface area (Å²) in [5.41, 5.74) is 3.35. The highest BCUT2D eigenvalue weighted by atomic mass is 32.1. The van der Waals surface area contributed by atoms with Crippen LogP contribution in [-0.2, 0) is 11.2 Å². The first-order valence-electron chi connectivity index (χ1n) is 11.2. The van der Waals surface area contributed by atoms with Crippen molar-refractivity contribution in [1.29, 1.82) is 0 Å². The molecule has 0 bridgehead atoms. The molecule has 1 amide bonds. The molecule has 2 aromatic heterocycles. The Morgan fingerprint density at radius 1 is 0.914 bits per heavy atom. The fourth-order valence-electron chi connectivity index (χ4n) is 4.33. The van der Waals surface area contributed by atoms with Crippen LogP contribution in [0.1, 0.15) is 16.0 Å². The number of amides is 1. The molecule has 1 atom stereocenters. The molecule has 0 aliphatic carbocycles. The SMILES string of the molecule is O=C1C(Cc2ccc(O)cc2)NC2=C(c3ccc(-c4cccs4)s3)N=C(c3ccc(O)cc3)CN12. The predicted octanol–water partition coefficient (Wildman–Crippen LogP) is 5.06. The molecule has 6 rings (SSSR count). The van der Waals surface area contributed by atoms with Crippen LogP contribution in [0, 0.1) is 0 Å². The van der Waals surface area contributed by atoms with Gasteiger partial charge in [0, 0.05) is 16.2 Å². The molecule has 0 spiro atoms. The van der Waals surface area contributed by atoms with Crippen molar-refractivity contribution in [3.05, 3.63) is 100 Å². The van der Waals surface area contributed by atoms with Gasteiger partial charge in [0.25, 0.3) is 5.91 Å². The number of thiophene rings is 2. The van der Waals surface area contributed by atoms with E-state index in [0.717, 1.165) is 38.1 Å². The number of hydrogen-bond acceptors (Lipinski definition) is 7. The molecule has 4 aromatic rings. The summed E-state index contributed by atoms with van der Waals surface area (Å²) in [7, 11) is 0. The Hall–Kier alpha value is -3.88. The van der Waals surface area contributed by atoms with Crippen LogP contribution in [0.25, 0.3) is 15.5 Å². The molecular formula is C27H21N3O3S2. The second-order valence-corrected chi connectivity index (χ2v) is 10.5. The lowest BCUT2D eigenvalue weighted by Gasteiger charge is -2.25. The van der Waals surface area contributed by atoms with Crippen LogP contribution in [0.4, 0.5) is 0 Å². The number of nitrogens with zero attached hydrogens (tertiary/aromatic N) is 2. The molecular weight excluding hydrogens is 478 g/mol. The van der Waals surface area contributed by atoms with Crippen molar-refractivity contribution in [2.45, 2.75) is 12.5 Å². The number of carbonyl (C=O) groups is 1. The summed E-state index contributed by atoms with van der Waals surface area (Å²) in [5, 5.41) is 24.8. The van der Waals surface area contributed by atoms with Crippen molar-refractivity contribution < 1.29 is 15.0 Å². The van der Waals surface area contributed by atoms with E-state index in [2.05, 4.69) is 28.9 Å². The van der Waals surface area contributed by atoms with Crippen molar-refractivity contribution in [3.63, 3.8) is 0 Å². The summed E-state index contributed by atoms with van der Waals surface area (Å²) < 4.78 is 0. The summed E-state index contributed by atoms with van der Waals surface area (Å²) >= 11 is 3.35. The number of rotatable bonds is 5. The van der Waals surface area contributed by atoms with Gasteiger partial charge in [0.05, 0.1) is 17.1 Å². The highest BCUT2D eigenvalue weighted by Gasteiger charge is 2.40. The van der Waals surface area contributed by atoms with Gasteiger partial charge in [-0.05, 0) is 71.1 Å². The standard InChI is InChI=1S/C27H21N3O3S2/c31-18-7-3-16(4-8-18)14-20-27(33)30-15-21(17-5-9-19(32)10-6-17)28-25(26(30)29-20)24-12-11-23(35-24)22-2-1-13-34-22/h1-13,20,29,31-32H,14-15H2. The summed E-state index contributed by atoms with van der Waals surface area (Å²) in [4.78, 5) is 23.6. The van der Waals surface area contributed by atoms with Crippen LogP contribution in [0.3, 0.4) is 0 Å². The fraction of sp³-hybridized carbons (Fsp3) is 0.111. The number of hydrogen-bond donors (Lipinski definition) is 3. The summed E-state index contributed by atoms with van der Waals surface area (Å²) in [6.07, 6.45) is 0.506. The van der Waals surface area contributed by atoms with Gasteiger partial charge in [-0.25, -0.2) is 4.99 Å². The minimum atomic E-state index is -0.421. The van der Waals surface area contributed by atoms with Crippen molar-refractivity contribution in [2.24, 2.45) is 4.99 Å². The zero-order valence-corrected chi connectivity index (χ0v) is 20.1. The Bertz CT molecular complexity index is 1450. The monoisotopic (exact) mass is 499 g/mol. The first kappa shape index (κ1) is 21.6. The maximum absolute atomic E-state index is 13.5. The maximum atomic E-state index is 13.5. The van der Waals surface area contributed by atoms with Gasteiger partial charge in [0.1, 0.15) is 29.1 Å². The fourth-order valence-corrected chi connectivity index (χ4v) is 6.16. The Kier molecular flexibility index (Phi) is 5.39. The van der Waals surface area contributed by atoms with E-state index < -0.39 is 6.04 Å². The first-order chi connectivity index (χ1) is 17.0. The lowest BCUT2D eigenvalue weighted by atomic mass is 10.1. The molecule has 2 aromatic carbocycles. The molecule has 2 aliphatic heterocycles. The average molecular weight is 500 g/mol. The van der Waals surface area contributed by atoms with Crippen molar-refractivity contribution in [2.75, 3.05) is 6.54 Å². The van der Waals surface area contributed by atoms with Crippen LogP contribution in [0.5, 0.6) is 11.5 Å². The van der Waals surface area contributed by atoms with E-state index in [1.54, 1.807) is 51.8 Å². The number of benzene rings is 2. The normalized spacial score (nSPS) is 17.4. The topological polar surface area (TPSA) is 85.2 Å². The number of aliphatic imine (C=N–C) groups is 1. The Balaban J connectivity index is 1.39. The van der Waals surface area contributed by atoms with Gasteiger partial charge < -0.3 is 15.5 Å². The van der Waals surface area contributed by atoms with Crippen LogP contribution >= 0.6 is 22.7 Å². The second kappa shape index (κ2) is 8.72. The van der Waals surface area contributed by atoms with Crippen LogP contribution < -0.4 is 5.32 Å². The molecule has 1 saturated heterocycles. The minimum Gasteiger partial charge on any atom is -0.508 e. The van der Waals surface area contributed by atoms with Gasteiger partial charge >= 0.3 is 0 Å². The van der Waals surface area contributed by atoms with Gasteiger partial charge in [0.15, 0.2) is 0 Å². The first-order valence-corrected chi connectivity index (χ1v) is 12.9. The van der Waals surface area contributed by atoms with E-state index in [4.69, 9.17) is 4.99 Å². The molecule has 1 unspecified atom stereocenters. The van der Waals surface area contributed by atoms with Crippen molar-refractivity contribution >= 4 is 40.0 Å². The lowest BCUT2D eigenvalue weighted by Crippen LogP contribution is -2.36. The molecule has 3 N–H and O–H groups in total. The number of nitrogens with one attached hydrogen (secondary N) is 1. The number of fused-ring (bicyclic) bond motifs is 1. The van der Waals surface area contributed by atoms with Crippen LogP contribution in [-0.4, -0.2) is 39.3 Å². The number of phenolic OH excluding ortho intramolecular Hbond substituents is 2. The smallest absolute Gasteiger partial charge is 0.251 e. The lowest BCUT2D eigenvalue weighted by molar-refractivity contribution is -0.127. The van der Waals surface area contributed by atoms with Crippen LogP contribution in [0.15, 0.2) is 89.0 Å². The third-order valence-corrected chi connectivity index (χ3v) is 8.26. The highest BCUT2D eigenvalue weighted by molar-refractivity contribution is 7.21. The zero-order chi connectivity index (χ0) is 23.9. The molecule has 6 nitrogen and oxygen atoms in total. The van der Waals surface area contributed by atoms with E-state index in [1.165, 1.54) is 4.88 Å². The van der Waals surface area contributed by atoms with Crippen LogP contribution in [0.2, 0.25) is 0 Å². The molecule has 2 aliphatic rings. The van der Waals surface area contributed by atoms with E-state index >= 15 is 0 Å². The highest BCUT2D eigenvalue weighted by Crippen LogP contribution is 2.39.